The number of nitrogens with zero attached hydrogens (tertiary/aromatic N) is 2. The molecule has 5 nitrogen and oxygen atoms in total. The van der Waals surface area contributed by atoms with Crippen molar-refractivity contribution >= 4 is 38.9 Å². The highest BCUT2D eigenvalue weighted by Crippen LogP contribution is 2.25. The third-order valence-corrected chi connectivity index (χ3v) is 5.29. The first-order chi connectivity index (χ1) is 12.2. The van der Waals surface area contributed by atoms with Crippen molar-refractivity contribution in [2.24, 2.45) is 0 Å². The minimum absolute atomic E-state index is 0.0230. The Bertz CT molecular complexity index is 875. The molecule has 0 aromatic heterocycles. The van der Waals surface area contributed by atoms with E-state index < -0.39 is 15.8 Å². The van der Waals surface area contributed by atoms with Crippen LogP contribution in [0.2, 0.25) is 5.02 Å². The van der Waals surface area contributed by atoms with Crippen LogP contribution >= 0.6 is 11.6 Å². The second-order valence-electron chi connectivity index (χ2n) is 5.66. The molecule has 0 aliphatic carbocycles. The maximum Gasteiger partial charge on any atom is 0.232 e. The van der Waals surface area contributed by atoms with Gasteiger partial charge in [-0.15, -0.1) is 0 Å². The lowest BCUT2D eigenvalue weighted by Gasteiger charge is -2.25. The molecule has 0 unspecified atom stereocenters. The molecule has 2 rings (SSSR count). The summed E-state index contributed by atoms with van der Waals surface area (Å²) in [6, 6.07) is 12.8. The Morgan fingerprint density at radius 2 is 1.77 bits per heavy atom. The molecular weight excluding hydrogens is 379 g/mol. The number of hydrogen-bond donors (Lipinski definition) is 0. The summed E-state index contributed by atoms with van der Waals surface area (Å²) in [5, 5.41) is -0.179. The number of sulfonamides is 1. The predicted octanol–water partition coefficient (Wildman–Crippen LogP) is 3.69. The van der Waals surface area contributed by atoms with Crippen LogP contribution < -0.4 is 9.21 Å². The molecule has 140 valence electrons. The monoisotopic (exact) mass is 398 g/mol. The minimum Gasteiger partial charge on any atom is -0.313 e. The SMILES string of the molecule is CCN(C(=O)CCN(c1ccc(F)c(Cl)c1)S(C)(=O)=O)c1ccccc1. The molecule has 0 heterocycles. The number of benzene rings is 2. The summed E-state index contributed by atoms with van der Waals surface area (Å²) in [6.07, 6.45) is 1.01. The van der Waals surface area contributed by atoms with Gasteiger partial charge in [0.05, 0.1) is 17.0 Å². The summed E-state index contributed by atoms with van der Waals surface area (Å²) in [7, 11) is -3.66. The second kappa shape index (κ2) is 8.51. The predicted molar refractivity (Wildman–Crippen MR) is 103 cm³/mol. The number of carbonyl (C=O) groups is 1. The third-order valence-electron chi connectivity index (χ3n) is 3.81. The van der Waals surface area contributed by atoms with Gasteiger partial charge in [0.15, 0.2) is 0 Å². The number of anilines is 2. The first kappa shape index (κ1) is 20.2. The van der Waals surface area contributed by atoms with Gasteiger partial charge in [0.25, 0.3) is 0 Å². The van der Waals surface area contributed by atoms with Gasteiger partial charge in [0, 0.05) is 25.2 Å². The zero-order valence-electron chi connectivity index (χ0n) is 14.5. The summed E-state index contributed by atoms with van der Waals surface area (Å²) >= 11 is 5.75. The molecule has 0 aliphatic heterocycles. The molecule has 0 aliphatic rings. The van der Waals surface area contributed by atoms with Crippen LogP contribution in [0.3, 0.4) is 0 Å². The number of carbonyl (C=O) groups excluding carboxylic acids is 1. The van der Waals surface area contributed by atoms with Crippen molar-refractivity contribution < 1.29 is 17.6 Å². The zero-order valence-corrected chi connectivity index (χ0v) is 16.1. The van der Waals surface area contributed by atoms with Crippen LogP contribution in [0.5, 0.6) is 0 Å². The second-order valence-corrected chi connectivity index (χ2v) is 7.97. The maximum atomic E-state index is 13.4. The Kier molecular flexibility index (Phi) is 6.61. The quantitative estimate of drug-likeness (QED) is 0.714. The highest BCUT2D eigenvalue weighted by Gasteiger charge is 2.21. The Labute approximate surface area is 158 Å². The van der Waals surface area contributed by atoms with Crippen molar-refractivity contribution in [1.29, 1.82) is 0 Å². The molecule has 26 heavy (non-hydrogen) atoms. The third kappa shape index (κ3) is 4.95. The molecule has 0 saturated heterocycles. The van der Waals surface area contributed by atoms with E-state index in [2.05, 4.69) is 0 Å². The highest BCUT2D eigenvalue weighted by molar-refractivity contribution is 7.92. The van der Waals surface area contributed by atoms with Gasteiger partial charge in [0.2, 0.25) is 15.9 Å². The zero-order chi connectivity index (χ0) is 19.3. The van der Waals surface area contributed by atoms with E-state index in [9.17, 15) is 17.6 Å². The van der Waals surface area contributed by atoms with Crippen molar-refractivity contribution in [2.45, 2.75) is 13.3 Å². The van der Waals surface area contributed by atoms with E-state index in [1.165, 1.54) is 12.1 Å². The lowest BCUT2D eigenvalue weighted by molar-refractivity contribution is -0.118. The van der Waals surface area contributed by atoms with E-state index in [0.29, 0.717) is 6.54 Å². The lowest BCUT2D eigenvalue weighted by atomic mass is 10.2. The largest absolute Gasteiger partial charge is 0.313 e. The molecule has 0 fully saturated rings. The van der Waals surface area contributed by atoms with Crippen LogP contribution in [0.4, 0.5) is 15.8 Å². The number of halogens is 2. The van der Waals surface area contributed by atoms with Crippen molar-refractivity contribution in [2.75, 3.05) is 28.6 Å². The van der Waals surface area contributed by atoms with Crippen LogP contribution in [0.1, 0.15) is 13.3 Å². The van der Waals surface area contributed by atoms with Gasteiger partial charge < -0.3 is 4.90 Å². The van der Waals surface area contributed by atoms with Gasteiger partial charge in [-0.2, -0.15) is 0 Å². The Morgan fingerprint density at radius 1 is 1.12 bits per heavy atom. The minimum atomic E-state index is -3.66. The number of hydrogen-bond acceptors (Lipinski definition) is 3. The van der Waals surface area contributed by atoms with Gasteiger partial charge in [0.1, 0.15) is 5.82 Å². The lowest BCUT2D eigenvalue weighted by Crippen LogP contribution is -2.37. The fourth-order valence-electron chi connectivity index (χ4n) is 2.57. The molecule has 0 N–H and O–H groups in total. The van der Waals surface area contributed by atoms with E-state index in [0.717, 1.165) is 22.3 Å². The molecular formula is C18H20ClFN2O3S. The van der Waals surface area contributed by atoms with E-state index in [4.69, 9.17) is 11.6 Å². The molecule has 0 atom stereocenters. The number of rotatable bonds is 7. The Morgan fingerprint density at radius 3 is 2.31 bits per heavy atom. The molecule has 2 aromatic carbocycles. The Hall–Kier alpha value is -2.12. The van der Waals surface area contributed by atoms with E-state index in [1.807, 2.05) is 37.3 Å². The van der Waals surface area contributed by atoms with Crippen molar-refractivity contribution in [3.05, 3.63) is 59.4 Å². The Balaban J connectivity index is 2.19. The highest BCUT2D eigenvalue weighted by atomic mass is 35.5. The van der Waals surface area contributed by atoms with Crippen LogP contribution in [-0.4, -0.2) is 33.7 Å². The summed E-state index contributed by atoms with van der Waals surface area (Å²) in [6.45, 7) is 2.24. The average molecular weight is 399 g/mol. The van der Waals surface area contributed by atoms with Gasteiger partial charge >= 0.3 is 0 Å². The van der Waals surface area contributed by atoms with Crippen molar-refractivity contribution in [3.8, 4) is 0 Å². The molecule has 0 spiro atoms. The van der Waals surface area contributed by atoms with Gasteiger partial charge in [-0.1, -0.05) is 29.8 Å². The number of amides is 1. The average Bonchev–Trinajstić information content (AvgIpc) is 2.58. The van der Waals surface area contributed by atoms with Gasteiger partial charge in [-0.05, 0) is 37.3 Å². The van der Waals surface area contributed by atoms with E-state index >= 15 is 0 Å². The fourth-order valence-corrected chi connectivity index (χ4v) is 3.66. The van der Waals surface area contributed by atoms with Crippen LogP contribution in [-0.2, 0) is 14.8 Å². The van der Waals surface area contributed by atoms with Gasteiger partial charge in [-0.25, -0.2) is 12.8 Å². The molecule has 0 saturated carbocycles. The first-order valence-electron chi connectivity index (χ1n) is 8.02. The molecule has 0 bridgehead atoms. The molecule has 0 radical (unpaired) electrons. The summed E-state index contributed by atoms with van der Waals surface area (Å²) in [4.78, 5) is 14.2. The van der Waals surface area contributed by atoms with Crippen LogP contribution in [0, 0.1) is 5.82 Å². The first-order valence-corrected chi connectivity index (χ1v) is 10.2. The fraction of sp³-hybridized carbons (Fsp3) is 0.278. The van der Waals surface area contributed by atoms with Crippen molar-refractivity contribution in [3.63, 3.8) is 0 Å². The summed E-state index contributed by atoms with van der Waals surface area (Å²) in [5.41, 5.74) is 0.963. The molecule has 1 amide bonds. The van der Waals surface area contributed by atoms with Crippen LogP contribution in [0.25, 0.3) is 0 Å². The van der Waals surface area contributed by atoms with Crippen molar-refractivity contribution in [1.82, 2.24) is 0 Å². The topological polar surface area (TPSA) is 57.7 Å². The van der Waals surface area contributed by atoms with E-state index in [1.54, 1.807) is 4.90 Å². The molecule has 8 heteroatoms. The number of para-hydroxylation sites is 1. The van der Waals surface area contributed by atoms with Crippen LogP contribution in [0.15, 0.2) is 48.5 Å². The summed E-state index contributed by atoms with van der Waals surface area (Å²) in [5.74, 6) is -0.846. The standard InChI is InChI=1S/C18H20ClFN2O3S/c1-3-21(14-7-5-4-6-8-14)18(23)11-12-22(26(2,24)25)15-9-10-17(20)16(19)13-15/h4-10,13H,3,11-12H2,1-2H3. The molecule has 2 aromatic rings. The smallest absolute Gasteiger partial charge is 0.232 e. The van der Waals surface area contributed by atoms with E-state index in [-0.39, 0.29) is 29.6 Å². The normalized spacial score (nSPS) is 11.2. The van der Waals surface area contributed by atoms with Gasteiger partial charge in [-0.3, -0.25) is 9.10 Å². The maximum absolute atomic E-state index is 13.4. The summed E-state index contributed by atoms with van der Waals surface area (Å²) < 4.78 is 38.6.